The molecule has 58 valence electrons. The minimum absolute atomic E-state index is 0.0150. The summed E-state index contributed by atoms with van der Waals surface area (Å²) in [6.45, 7) is 1.52. The van der Waals surface area contributed by atoms with E-state index in [4.69, 9.17) is 0 Å². The van der Waals surface area contributed by atoms with Gasteiger partial charge in [-0.25, -0.2) is 0 Å². The summed E-state index contributed by atoms with van der Waals surface area (Å²) in [5.41, 5.74) is 0.610. The Morgan fingerprint density at radius 1 is 1.45 bits per heavy atom. The lowest BCUT2D eigenvalue weighted by molar-refractivity contribution is -0.129. The molecular formula is C7H7NO3. The Morgan fingerprint density at radius 2 is 2.09 bits per heavy atom. The van der Waals surface area contributed by atoms with Crippen LogP contribution >= 0.6 is 0 Å². The normalized spacial score (nSPS) is 18.3. The van der Waals surface area contributed by atoms with E-state index in [1.165, 1.54) is 6.92 Å². The monoisotopic (exact) mass is 153 g/mol. The molecule has 0 saturated carbocycles. The minimum atomic E-state index is -0.469. The largest absolute Gasteiger partial charge is 0.298 e. The van der Waals surface area contributed by atoms with Gasteiger partial charge >= 0.3 is 0 Å². The van der Waals surface area contributed by atoms with Crippen LogP contribution in [0, 0.1) is 0 Å². The summed E-state index contributed by atoms with van der Waals surface area (Å²) in [4.78, 5) is 31.8. The molecule has 1 aliphatic heterocycles. The van der Waals surface area contributed by atoms with Gasteiger partial charge in [0.2, 0.25) is 5.91 Å². The van der Waals surface area contributed by atoms with Crippen molar-refractivity contribution < 1.29 is 14.4 Å². The van der Waals surface area contributed by atoms with Crippen molar-refractivity contribution in [2.45, 2.75) is 13.3 Å². The molecule has 0 aromatic heterocycles. The lowest BCUT2D eigenvalue weighted by atomic mass is 10.0. The molecule has 0 bridgehead atoms. The predicted molar refractivity (Wildman–Crippen MR) is 36.5 cm³/mol. The summed E-state index contributed by atoms with van der Waals surface area (Å²) in [5, 5.41) is 2.10. The molecular weight excluding hydrogens is 146 g/mol. The van der Waals surface area contributed by atoms with E-state index in [1.807, 2.05) is 0 Å². The van der Waals surface area contributed by atoms with Crippen LogP contribution in [0.5, 0.6) is 0 Å². The van der Waals surface area contributed by atoms with Crippen molar-refractivity contribution in [2.24, 2.45) is 0 Å². The molecule has 1 heterocycles. The van der Waals surface area contributed by atoms with Gasteiger partial charge in [-0.15, -0.1) is 0 Å². The molecule has 4 heteroatoms. The quantitative estimate of drug-likeness (QED) is 0.410. The lowest BCUT2D eigenvalue weighted by Crippen LogP contribution is -2.36. The van der Waals surface area contributed by atoms with Crippen molar-refractivity contribution >= 4 is 18.1 Å². The van der Waals surface area contributed by atoms with Crippen molar-refractivity contribution in [2.75, 3.05) is 0 Å². The second kappa shape index (κ2) is 2.65. The molecule has 0 fully saturated rings. The number of rotatable bonds is 1. The number of hydrogen-bond acceptors (Lipinski definition) is 3. The van der Waals surface area contributed by atoms with Crippen LogP contribution < -0.4 is 5.32 Å². The zero-order chi connectivity index (χ0) is 8.43. The molecule has 4 nitrogen and oxygen atoms in total. The first kappa shape index (κ1) is 7.65. The number of carbonyl (C=O) groups is 3. The second-order valence-electron chi connectivity index (χ2n) is 2.32. The van der Waals surface area contributed by atoms with Crippen molar-refractivity contribution in [3.05, 3.63) is 11.1 Å². The van der Waals surface area contributed by atoms with Crippen LogP contribution in [0.3, 0.4) is 0 Å². The van der Waals surface area contributed by atoms with Gasteiger partial charge in [-0.1, -0.05) is 0 Å². The fourth-order valence-electron chi connectivity index (χ4n) is 0.846. The molecule has 1 aliphatic rings. The molecule has 0 radical (unpaired) electrons. The summed E-state index contributed by atoms with van der Waals surface area (Å²) in [7, 11) is 0. The van der Waals surface area contributed by atoms with Crippen LogP contribution in [0.1, 0.15) is 13.3 Å². The van der Waals surface area contributed by atoms with E-state index in [9.17, 15) is 14.4 Å². The van der Waals surface area contributed by atoms with E-state index in [1.54, 1.807) is 0 Å². The van der Waals surface area contributed by atoms with Crippen LogP contribution in [0.2, 0.25) is 0 Å². The van der Waals surface area contributed by atoms with E-state index < -0.39 is 11.8 Å². The molecule has 1 N–H and O–H groups in total. The molecule has 2 amide bonds. The molecule has 0 atom stereocenters. The Balaban J connectivity index is 3.03. The Labute approximate surface area is 63.3 Å². The highest BCUT2D eigenvalue weighted by atomic mass is 16.2. The zero-order valence-corrected chi connectivity index (χ0v) is 6.01. The van der Waals surface area contributed by atoms with Gasteiger partial charge in [-0.2, -0.15) is 0 Å². The van der Waals surface area contributed by atoms with Gasteiger partial charge in [-0.05, 0) is 6.92 Å². The molecule has 0 aromatic rings. The molecule has 0 unspecified atom stereocenters. The maximum Gasteiger partial charge on any atom is 0.253 e. The first-order chi connectivity index (χ1) is 5.15. The van der Waals surface area contributed by atoms with Crippen molar-refractivity contribution in [1.82, 2.24) is 5.32 Å². The van der Waals surface area contributed by atoms with Gasteiger partial charge < -0.3 is 0 Å². The van der Waals surface area contributed by atoms with Gasteiger partial charge in [0, 0.05) is 11.1 Å². The highest BCUT2D eigenvalue weighted by Crippen LogP contribution is 2.10. The second-order valence-corrected chi connectivity index (χ2v) is 2.32. The topological polar surface area (TPSA) is 63.2 Å². The van der Waals surface area contributed by atoms with E-state index in [-0.39, 0.29) is 12.0 Å². The third kappa shape index (κ3) is 1.34. The fourth-order valence-corrected chi connectivity index (χ4v) is 0.846. The number of aldehydes is 1. The third-order valence-corrected chi connectivity index (χ3v) is 1.57. The van der Waals surface area contributed by atoms with Crippen LogP contribution in [0.15, 0.2) is 11.1 Å². The summed E-state index contributed by atoms with van der Waals surface area (Å²) < 4.78 is 0. The average molecular weight is 153 g/mol. The number of amides is 2. The van der Waals surface area contributed by atoms with Crippen molar-refractivity contribution in [1.29, 1.82) is 0 Å². The van der Waals surface area contributed by atoms with Gasteiger partial charge in [0.05, 0.1) is 6.42 Å². The van der Waals surface area contributed by atoms with E-state index in [0.717, 1.165) is 0 Å². The molecule has 0 saturated heterocycles. The summed E-state index contributed by atoms with van der Waals surface area (Å²) in [5.74, 6) is -0.883. The third-order valence-electron chi connectivity index (χ3n) is 1.57. The Bertz CT molecular complexity index is 265. The zero-order valence-electron chi connectivity index (χ0n) is 6.01. The summed E-state index contributed by atoms with van der Waals surface area (Å²) in [6.07, 6.45) is 0.563. The Kier molecular flexibility index (Phi) is 1.85. The summed E-state index contributed by atoms with van der Waals surface area (Å²) in [6, 6.07) is 0. The van der Waals surface area contributed by atoms with Crippen LogP contribution in [-0.4, -0.2) is 18.1 Å². The number of carbonyl (C=O) groups excluding carboxylic acids is 3. The van der Waals surface area contributed by atoms with Gasteiger partial charge in [0.15, 0.2) is 0 Å². The van der Waals surface area contributed by atoms with E-state index in [2.05, 4.69) is 5.32 Å². The molecule has 1 rings (SSSR count). The van der Waals surface area contributed by atoms with Crippen molar-refractivity contribution in [3.63, 3.8) is 0 Å². The van der Waals surface area contributed by atoms with Crippen LogP contribution in [0.4, 0.5) is 0 Å². The SMILES string of the molecule is CC1=C(C=O)CC(=O)NC1=O. The first-order valence-electron chi connectivity index (χ1n) is 3.14. The standard InChI is InChI=1S/C7H7NO3/c1-4-5(3-9)2-6(10)8-7(4)11/h3H,2H2,1H3,(H,8,10,11). The lowest BCUT2D eigenvalue weighted by Gasteiger charge is -2.11. The van der Waals surface area contributed by atoms with Gasteiger partial charge in [0.1, 0.15) is 6.29 Å². The maximum absolute atomic E-state index is 10.8. The smallest absolute Gasteiger partial charge is 0.253 e. The van der Waals surface area contributed by atoms with E-state index >= 15 is 0 Å². The van der Waals surface area contributed by atoms with Crippen LogP contribution in [-0.2, 0) is 14.4 Å². The number of hydrogen-bond donors (Lipinski definition) is 1. The molecule has 0 aliphatic carbocycles. The highest BCUT2D eigenvalue weighted by Gasteiger charge is 2.20. The van der Waals surface area contributed by atoms with Crippen LogP contribution in [0.25, 0.3) is 0 Å². The fraction of sp³-hybridized carbons (Fsp3) is 0.286. The van der Waals surface area contributed by atoms with Gasteiger partial charge in [-0.3, -0.25) is 19.7 Å². The highest BCUT2D eigenvalue weighted by molar-refractivity contribution is 6.12. The average Bonchev–Trinajstić information content (AvgIpc) is 1.96. The molecule has 0 spiro atoms. The Morgan fingerprint density at radius 3 is 2.64 bits per heavy atom. The number of nitrogens with one attached hydrogen (secondary N) is 1. The Hall–Kier alpha value is -1.45. The van der Waals surface area contributed by atoms with Gasteiger partial charge in [0.25, 0.3) is 5.91 Å². The molecule has 11 heavy (non-hydrogen) atoms. The minimum Gasteiger partial charge on any atom is -0.298 e. The van der Waals surface area contributed by atoms with Crippen molar-refractivity contribution in [3.8, 4) is 0 Å². The summed E-state index contributed by atoms with van der Waals surface area (Å²) >= 11 is 0. The molecule has 0 aromatic carbocycles. The van der Waals surface area contributed by atoms with E-state index in [0.29, 0.717) is 11.9 Å². The first-order valence-corrected chi connectivity index (χ1v) is 3.14. The number of imide groups is 1. The predicted octanol–water partition coefficient (Wildman–Crippen LogP) is -0.452. The maximum atomic E-state index is 10.8.